The first-order valence-corrected chi connectivity index (χ1v) is 8.63. The SMILES string of the molecule is CCOc1ccccc1CN1CCc2c(nc(C(C)C)[nH]c2=O)C1. The molecule has 5 nitrogen and oxygen atoms in total. The maximum Gasteiger partial charge on any atom is 0.254 e. The molecule has 1 N–H and O–H groups in total. The number of H-pyrrole nitrogens is 1. The van der Waals surface area contributed by atoms with Gasteiger partial charge in [0.05, 0.1) is 12.3 Å². The molecule has 0 amide bonds. The minimum Gasteiger partial charge on any atom is -0.494 e. The third-order valence-electron chi connectivity index (χ3n) is 4.38. The maximum absolute atomic E-state index is 12.3. The van der Waals surface area contributed by atoms with E-state index in [1.807, 2.05) is 39.0 Å². The summed E-state index contributed by atoms with van der Waals surface area (Å²) in [6.45, 7) is 9.12. The molecular weight excluding hydrogens is 302 g/mol. The number of nitrogens with one attached hydrogen (secondary N) is 1. The van der Waals surface area contributed by atoms with Gasteiger partial charge in [0.15, 0.2) is 0 Å². The Morgan fingerprint density at radius 2 is 2.12 bits per heavy atom. The fourth-order valence-corrected chi connectivity index (χ4v) is 3.09. The first kappa shape index (κ1) is 16.7. The largest absolute Gasteiger partial charge is 0.494 e. The summed E-state index contributed by atoms with van der Waals surface area (Å²) in [4.78, 5) is 22.2. The summed E-state index contributed by atoms with van der Waals surface area (Å²) in [5.74, 6) is 1.93. The van der Waals surface area contributed by atoms with Crippen molar-refractivity contribution in [1.29, 1.82) is 0 Å². The summed E-state index contributed by atoms with van der Waals surface area (Å²) >= 11 is 0. The average Bonchev–Trinajstić information content (AvgIpc) is 2.56. The van der Waals surface area contributed by atoms with E-state index in [0.717, 1.165) is 42.3 Å². The molecule has 0 saturated carbocycles. The van der Waals surface area contributed by atoms with Gasteiger partial charge in [-0.3, -0.25) is 9.69 Å². The van der Waals surface area contributed by atoms with Gasteiger partial charge in [0.25, 0.3) is 5.56 Å². The van der Waals surface area contributed by atoms with Crippen LogP contribution in [-0.4, -0.2) is 28.0 Å². The van der Waals surface area contributed by atoms with Crippen LogP contribution in [0.2, 0.25) is 0 Å². The van der Waals surface area contributed by atoms with Gasteiger partial charge in [0.1, 0.15) is 11.6 Å². The van der Waals surface area contributed by atoms with Crippen LogP contribution in [0, 0.1) is 0 Å². The zero-order valence-corrected chi connectivity index (χ0v) is 14.6. The standard InChI is InChI=1S/C19H25N3O2/c1-4-24-17-8-6-5-7-14(17)11-22-10-9-15-16(12-22)20-18(13(2)3)21-19(15)23/h5-8,13H,4,9-12H2,1-3H3,(H,20,21,23). The van der Waals surface area contributed by atoms with Crippen LogP contribution in [0.25, 0.3) is 0 Å². The molecule has 1 aliphatic heterocycles. The Hall–Kier alpha value is -2.14. The highest BCUT2D eigenvalue weighted by Gasteiger charge is 2.22. The van der Waals surface area contributed by atoms with Crippen LogP contribution in [0.1, 0.15) is 49.3 Å². The van der Waals surface area contributed by atoms with E-state index in [2.05, 4.69) is 16.0 Å². The molecule has 0 spiro atoms. The molecule has 2 aromatic rings. The summed E-state index contributed by atoms with van der Waals surface area (Å²) < 4.78 is 5.72. The fraction of sp³-hybridized carbons (Fsp3) is 0.474. The van der Waals surface area contributed by atoms with Crippen molar-refractivity contribution in [2.24, 2.45) is 0 Å². The molecule has 0 saturated heterocycles. The molecule has 0 bridgehead atoms. The highest BCUT2D eigenvalue weighted by atomic mass is 16.5. The number of aromatic nitrogens is 2. The lowest BCUT2D eigenvalue weighted by molar-refractivity contribution is 0.234. The summed E-state index contributed by atoms with van der Waals surface area (Å²) in [5.41, 5.74) is 2.96. The summed E-state index contributed by atoms with van der Waals surface area (Å²) in [5, 5.41) is 0. The van der Waals surface area contributed by atoms with Gasteiger partial charge >= 0.3 is 0 Å². The molecule has 0 aliphatic carbocycles. The first-order valence-electron chi connectivity index (χ1n) is 8.63. The number of fused-ring (bicyclic) bond motifs is 1. The number of aromatic amines is 1. The van der Waals surface area contributed by atoms with Crippen molar-refractivity contribution < 1.29 is 4.74 Å². The second-order valence-corrected chi connectivity index (χ2v) is 6.53. The Kier molecular flexibility index (Phi) is 5.00. The van der Waals surface area contributed by atoms with Crippen molar-refractivity contribution in [1.82, 2.24) is 14.9 Å². The smallest absolute Gasteiger partial charge is 0.254 e. The van der Waals surface area contributed by atoms with Crippen LogP contribution in [0.5, 0.6) is 5.75 Å². The fourth-order valence-electron chi connectivity index (χ4n) is 3.09. The molecule has 2 heterocycles. The highest BCUT2D eigenvalue weighted by Crippen LogP contribution is 2.23. The second-order valence-electron chi connectivity index (χ2n) is 6.53. The van der Waals surface area contributed by atoms with Crippen LogP contribution < -0.4 is 10.3 Å². The summed E-state index contributed by atoms with van der Waals surface area (Å²) in [7, 11) is 0. The summed E-state index contributed by atoms with van der Waals surface area (Å²) in [6.07, 6.45) is 0.743. The number of nitrogens with zero attached hydrogens (tertiary/aromatic N) is 2. The molecule has 3 rings (SSSR count). The van der Waals surface area contributed by atoms with E-state index in [4.69, 9.17) is 9.72 Å². The number of ether oxygens (including phenoxy) is 1. The van der Waals surface area contributed by atoms with Gasteiger partial charge in [0.2, 0.25) is 0 Å². The van der Waals surface area contributed by atoms with Gasteiger partial charge in [-0.15, -0.1) is 0 Å². The highest BCUT2D eigenvalue weighted by molar-refractivity contribution is 5.33. The van der Waals surface area contributed by atoms with Crippen molar-refractivity contribution in [3.63, 3.8) is 0 Å². The van der Waals surface area contributed by atoms with Gasteiger partial charge < -0.3 is 9.72 Å². The van der Waals surface area contributed by atoms with Crippen LogP contribution in [0.15, 0.2) is 29.1 Å². The van der Waals surface area contributed by atoms with Gasteiger partial charge in [-0.05, 0) is 19.4 Å². The van der Waals surface area contributed by atoms with Crippen LogP contribution >= 0.6 is 0 Å². The van der Waals surface area contributed by atoms with Gasteiger partial charge in [-0.1, -0.05) is 32.0 Å². The van der Waals surface area contributed by atoms with E-state index in [-0.39, 0.29) is 11.5 Å². The number of benzene rings is 1. The predicted molar refractivity (Wildman–Crippen MR) is 94.4 cm³/mol. The monoisotopic (exact) mass is 327 g/mol. The lowest BCUT2D eigenvalue weighted by Crippen LogP contribution is -2.35. The molecule has 1 aliphatic rings. The Morgan fingerprint density at radius 1 is 1.33 bits per heavy atom. The Bertz CT molecular complexity index is 767. The third-order valence-corrected chi connectivity index (χ3v) is 4.38. The molecule has 1 aromatic heterocycles. The van der Waals surface area contributed by atoms with Gasteiger partial charge in [-0.2, -0.15) is 0 Å². The predicted octanol–water partition coefficient (Wildman–Crippen LogP) is 2.85. The molecule has 0 unspecified atom stereocenters. The third kappa shape index (κ3) is 3.51. The van der Waals surface area contributed by atoms with Crippen molar-refractivity contribution in [2.75, 3.05) is 13.2 Å². The quantitative estimate of drug-likeness (QED) is 0.917. The van der Waals surface area contributed by atoms with Crippen molar-refractivity contribution in [3.05, 3.63) is 57.3 Å². The minimum absolute atomic E-state index is 0.0260. The Labute approximate surface area is 142 Å². The molecule has 128 valence electrons. The van der Waals surface area contributed by atoms with Crippen molar-refractivity contribution in [2.45, 2.75) is 46.2 Å². The zero-order chi connectivity index (χ0) is 17.1. The van der Waals surface area contributed by atoms with Crippen LogP contribution in [0.4, 0.5) is 0 Å². The average molecular weight is 327 g/mol. The van der Waals surface area contributed by atoms with Crippen molar-refractivity contribution in [3.8, 4) is 5.75 Å². The number of rotatable bonds is 5. The van der Waals surface area contributed by atoms with Crippen LogP contribution in [0.3, 0.4) is 0 Å². The normalized spacial score (nSPS) is 14.7. The lowest BCUT2D eigenvalue weighted by atomic mass is 10.0. The van der Waals surface area contributed by atoms with E-state index in [9.17, 15) is 4.79 Å². The molecule has 24 heavy (non-hydrogen) atoms. The molecule has 1 aromatic carbocycles. The van der Waals surface area contributed by atoms with Crippen molar-refractivity contribution >= 4 is 0 Å². The van der Waals surface area contributed by atoms with E-state index in [0.29, 0.717) is 13.2 Å². The topological polar surface area (TPSA) is 58.2 Å². The first-order chi connectivity index (χ1) is 11.6. The maximum atomic E-state index is 12.3. The molecule has 0 radical (unpaired) electrons. The molecule has 0 atom stereocenters. The van der Waals surface area contributed by atoms with Gasteiger partial charge in [0, 0.05) is 36.7 Å². The molecule has 0 fully saturated rings. The van der Waals surface area contributed by atoms with E-state index in [1.54, 1.807) is 0 Å². The minimum atomic E-state index is 0.0260. The Balaban J connectivity index is 1.81. The molecular formula is C19H25N3O2. The van der Waals surface area contributed by atoms with Crippen LogP contribution in [-0.2, 0) is 19.5 Å². The van der Waals surface area contributed by atoms with E-state index >= 15 is 0 Å². The molecule has 5 heteroatoms. The Morgan fingerprint density at radius 3 is 2.88 bits per heavy atom. The zero-order valence-electron chi connectivity index (χ0n) is 14.6. The second kappa shape index (κ2) is 7.18. The van der Waals surface area contributed by atoms with E-state index in [1.165, 1.54) is 5.56 Å². The number of hydrogen-bond acceptors (Lipinski definition) is 4. The number of para-hydroxylation sites is 1. The van der Waals surface area contributed by atoms with Gasteiger partial charge in [-0.25, -0.2) is 4.98 Å². The van der Waals surface area contributed by atoms with E-state index < -0.39 is 0 Å². The lowest BCUT2D eigenvalue weighted by Gasteiger charge is -2.28. The summed E-state index contributed by atoms with van der Waals surface area (Å²) in [6, 6.07) is 8.15. The number of hydrogen-bond donors (Lipinski definition) is 1.